The van der Waals surface area contributed by atoms with E-state index in [0.29, 0.717) is 22.7 Å². The first kappa shape index (κ1) is 26.0. The van der Waals surface area contributed by atoms with Gasteiger partial charge in [0.2, 0.25) is 16.0 Å². The van der Waals surface area contributed by atoms with E-state index in [4.69, 9.17) is 9.47 Å². The molecule has 3 aromatic heterocycles. The number of ether oxygens (including phenoxy) is 2. The Kier molecular flexibility index (Phi) is 7.36. The number of para-hydroxylation sites is 1. The Hall–Kier alpha value is -4.10. The fourth-order valence-electron chi connectivity index (χ4n) is 3.67. The number of methoxy groups -OCH3 is 2. The third-order valence-electron chi connectivity index (χ3n) is 5.64. The molecular weight excluding hydrogens is 503 g/mol. The van der Waals surface area contributed by atoms with E-state index >= 15 is 0 Å². The highest BCUT2D eigenvalue weighted by molar-refractivity contribution is 7.93. The largest absolute Gasteiger partial charge is 0.494 e. The van der Waals surface area contributed by atoms with Gasteiger partial charge in [-0.2, -0.15) is 0 Å². The van der Waals surface area contributed by atoms with Gasteiger partial charge in [0.05, 0.1) is 26.1 Å². The van der Waals surface area contributed by atoms with Gasteiger partial charge in [-0.05, 0) is 49.7 Å². The highest BCUT2D eigenvalue weighted by Gasteiger charge is 2.33. The Balaban J connectivity index is 1.83. The van der Waals surface area contributed by atoms with Crippen molar-refractivity contribution in [2.75, 3.05) is 18.9 Å². The first-order chi connectivity index (χ1) is 17.7. The van der Waals surface area contributed by atoms with E-state index in [2.05, 4.69) is 24.9 Å². The summed E-state index contributed by atoms with van der Waals surface area (Å²) in [6.07, 6.45) is 2.60. The van der Waals surface area contributed by atoms with Crippen LogP contribution in [0.4, 0.5) is 10.3 Å². The van der Waals surface area contributed by atoms with E-state index < -0.39 is 27.2 Å². The molecule has 13 heteroatoms. The molecular formula is C24H25FN6O5S. The van der Waals surface area contributed by atoms with Crippen LogP contribution in [0.2, 0.25) is 0 Å². The summed E-state index contributed by atoms with van der Waals surface area (Å²) in [6, 6.07) is 9.21. The number of pyridine rings is 2. The van der Waals surface area contributed by atoms with Crippen molar-refractivity contribution in [1.29, 1.82) is 0 Å². The standard InChI is InChI=1S/C24H25FN6O5S/c1-14-10-16(12-26-11-14)23-28-29-24(31(23)21-19(35-3)6-5-7-20(21)36-4)30-37(33,34)15(2)22(32)18-9-8-17(25)13-27-18/h5-13,15,22,32H,1-4H3,(H,29,30). The highest BCUT2D eigenvalue weighted by atomic mass is 32.2. The topological polar surface area (TPSA) is 141 Å². The summed E-state index contributed by atoms with van der Waals surface area (Å²) in [5.74, 6) is 0.215. The summed E-state index contributed by atoms with van der Waals surface area (Å²) in [4.78, 5) is 8.00. The van der Waals surface area contributed by atoms with Gasteiger partial charge < -0.3 is 14.6 Å². The van der Waals surface area contributed by atoms with E-state index in [1.165, 1.54) is 31.8 Å². The van der Waals surface area contributed by atoms with E-state index in [9.17, 15) is 17.9 Å². The number of aromatic nitrogens is 5. The van der Waals surface area contributed by atoms with Crippen LogP contribution in [0.3, 0.4) is 0 Å². The lowest BCUT2D eigenvalue weighted by Gasteiger charge is -2.21. The molecule has 37 heavy (non-hydrogen) atoms. The number of sulfonamides is 1. The SMILES string of the molecule is COc1cccc(OC)c1-n1c(NS(=O)(=O)C(C)C(O)c2ccc(F)cn2)nnc1-c1cncc(C)c1. The molecule has 0 fully saturated rings. The molecule has 0 amide bonds. The average Bonchev–Trinajstić information content (AvgIpc) is 3.29. The zero-order valence-corrected chi connectivity index (χ0v) is 21.3. The predicted octanol–water partition coefficient (Wildman–Crippen LogP) is 3.05. The minimum Gasteiger partial charge on any atom is -0.494 e. The fourth-order valence-corrected chi connectivity index (χ4v) is 4.72. The number of rotatable bonds is 9. The molecule has 0 bridgehead atoms. The quantitative estimate of drug-likeness (QED) is 0.335. The van der Waals surface area contributed by atoms with Gasteiger partial charge in [-0.1, -0.05) is 6.07 Å². The third kappa shape index (κ3) is 5.22. The molecule has 4 rings (SSSR count). The van der Waals surface area contributed by atoms with Crippen LogP contribution >= 0.6 is 0 Å². The summed E-state index contributed by atoms with van der Waals surface area (Å²) in [5.41, 5.74) is 1.76. The molecule has 0 aliphatic heterocycles. The molecule has 11 nitrogen and oxygen atoms in total. The number of aliphatic hydroxyl groups is 1. The van der Waals surface area contributed by atoms with Crippen molar-refractivity contribution >= 4 is 16.0 Å². The molecule has 4 aromatic rings. The molecule has 3 heterocycles. The van der Waals surface area contributed by atoms with Gasteiger partial charge in [-0.3, -0.25) is 19.3 Å². The summed E-state index contributed by atoms with van der Waals surface area (Å²) in [7, 11) is -1.34. The van der Waals surface area contributed by atoms with Gasteiger partial charge in [0, 0.05) is 18.0 Å². The maximum Gasteiger partial charge on any atom is 0.243 e. The summed E-state index contributed by atoms with van der Waals surface area (Å²) < 4.78 is 54.9. The first-order valence-corrected chi connectivity index (χ1v) is 12.6. The lowest BCUT2D eigenvalue weighted by Crippen LogP contribution is -2.32. The van der Waals surface area contributed by atoms with Crippen molar-refractivity contribution in [2.24, 2.45) is 0 Å². The van der Waals surface area contributed by atoms with Crippen LogP contribution in [0.5, 0.6) is 11.5 Å². The highest BCUT2D eigenvalue weighted by Crippen LogP contribution is 2.38. The Labute approximate surface area is 213 Å². The normalized spacial score (nSPS) is 13.1. The van der Waals surface area contributed by atoms with E-state index in [0.717, 1.165) is 17.8 Å². The van der Waals surface area contributed by atoms with Gasteiger partial charge >= 0.3 is 0 Å². The number of nitrogens with zero attached hydrogens (tertiary/aromatic N) is 5. The molecule has 2 N–H and O–H groups in total. The molecule has 0 aliphatic rings. The lowest BCUT2D eigenvalue weighted by atomic mass is 10.2. The van der Waals surface area contributed by atoms with E-state index in [1.807, 2.05) is 13.0 Å². The molecule has 0 radical (unpaired) electrons. The molecule has 2 unspecified atom stereocenters. The van der Waals surface area contributed by atoms with E-state index in [1.54, 1.807) is 30.6 Å². The van der Waals surface area contributed by atoms with Gasteiger partial charge in [0.25, 0.3) is 0 Å². The molecule has 0 saturated heterocycles. The number of anilines is 1. The maximum absolute atomic E-state index is 13.3. The van der Waals surface area contributed by atoms with Crippen LogP contribution in [0, 0.1) is 12.7 Å². The Morgan fingerprint density at radius 3 is 2.35 bits per heavy atom. The van der Waals surface area contributed by atoms with Gasteiger partial charge in [-0.15, -0.1) is 10.2 Å². The smallest absolute Gasteiger partial charge is 0.243 e. The number of aryl methyl sites for hydroxylation is 1. The summed E-state index contributed by atoms with van der Waals surface area (Å²) in [6.45, 7) is 3.16. The zero-order valence-electron chi connectivity index (χ0n) is 20.5. The number of nitrogens with one attached hydrogen (secondary N) is 1. The Morgan fingerprint density at radius 2 is 1.76 bits per heavy atom. The van der Waals surface area contributed by atoms with Crippen LogP contribution in [-0.4, -0.2) is 57.7 Å². The van der Waals surface area contributed by atoms with Gasteiger partial charge in [0.15, 0.2) is 5.82 Å². The minimum atomic E-state index is -4.27. The number of hydrogen-bond donors (Lipinski definition) is 2. The van der Waals surface area contributed by atoms with Crippen LogP contribution in [0.1, 0.15) is 24.3 Å². The van der Waals surface area contributed by atoms with Gasteiger partial charge in [-0.25, -0.2) is 12.8 Å². The minimum absolute atomic E-state index is 0.00124. The Morgan fingerprint density at radius 1 is 1.05 bits per heavy atom. The third-order valence-corrected chi connectivity index (χ3v) is 7.35. The van der Waals surface area contributed by atoms with Crippen LogP contribution in [0.25, 0.3) is 17.1 Å². The van der Waals surface area contributed by atoms with Crippen LogP contribution < -0.4 is 14.2 Å². The monoisotopic (exact) mass is 528 g/mol. The average molecular weight is 529 g/mol. The van der Waals surface area contributed by atoms with E-state index in [-0.39, 0.29) is 17.5 Å². The van der Waals surface area contributed by atoms with Crippen molar-refractivity contribution in [3.63, 3.8) is 0 Å². The fraction of sp³-hybridized carbons (Fsp3) is 0.250. The number of hydrogen-bond acceptors (Lipinski definition) is 9. The summed E-state index contributed by atoms with van der Waals surface area (Å²) >= 11 is 0. The zero-order chi connectivity index (χ0) is 26.7. The molecule has 0 saturated carbocycles. The first-order valence-electron chi connectivity index (χ1n) is 11.1. The number of benzene rings is 1. The van der Waals surface area contributed by atoms with Crippen molar-refractivity contribution < 1.29 is 27.4 Å². The van der Waals surface area contributed by atoms with Crippen molar-refractivity contribution in [3.8, 4) is 28.6 Å². The molecule has 2 atom stereocenters. The lowest BCUT2D eigenvalue weighted by molar-refractivity contribution is 0.171. The van der Waals surface area contributed by atoms with Crippen molar-refractivity contribution in [2.45, 2.75) is 25.2 Å². The molecule has 0 aliphatic carbocycles. The second kappa shape index (κ2) is 10.5. The molecule has 194 valence electrons. The van der Waals surface area contributed by atoms with Crippen LogP contribution in [0.15, 0.2) is 55.0 Å². The Bertz CT molecular complexity index is 1490. The maximum atomic E-state index is 13.3. The molecule has 0 spiro atoms. The second-order valence-corrected chi connectivity index (χ2v) is 10.2. The summed E-state index contributed by atoms with van der Waals surface area (Å²) in [5, 5.41) is 17.6. The number of halogens is 1. The second-order valence-electron chi connectivity index (χ2n) is 8.14. The van der Waals surface area contributed by atoms with Crippen molar-refractivity contribution in [3.05, 3.63) is 72.1 Å². The van der Waals surface area contributed by atoms with Crippen LogP contribution in [-0.2, 0) is 10.0 Å². The predicted molar refractivity (Wildman–Crippen MR) is 134 cm³/mol. The van der Waals surface area contributed by atoms with Crippen molar-refractivity contribution in [1.82, 2.24) is 24.7 Å². The molecule has 1 aromatic carbocycles. The van der Waals surface area contributed by atoms with Gasteiger partial charge in [0.1, 0.15) is 34.4 Å². The number of aliphatic hydroxyl groups excluding tert-OH is 1.